The first kappa shape index (κ1) is 12.6. The van der Waals surface area contributed by atoms with Crippen molar-refractivity contribution in [3.8, 4) is 11.1 Å². The fourth-order valence-electron chi connectivity index (χ4n) is 1.71. The van der Waals surface area contributed by atoms with Crippen molar-refractivity contribution in [3.05, 3.63) is 58.9 Å². The van der Waals surface area contributed by atoms with E-state index >= 15 is 0 Å². The second-order valence-corrected chi connectivity index (χ2v) is 4.31. The lowest BCUT2D eigenvalue weighted by molar-refractivity contribution is -0.136. The van der Waals surface area contributed by atoms with Gasteiger partial charge in [0.1, 0.15) is 5.82 Å². The fraction of sp³-hybridized carbons (Fsp3) is 0.0714. The molecular weight excluding hydrogens is 255 g/mol. The van der Waals surface area contributed by atoms with Crippen molar-refractivity contribution in [1.82, 2.24) is 0 Å². The fourth-order valence-corrected chi connectivity index (χ4v) is 1.89. The highest BCUT2D eigenvalue weighted by atomic mass is 35.5. The average Bonchev–Trinajstić information content (AvgIpc) is 2.32. The van der Waals surface area contributed by atoms with Gasteiger partial charge in [-0.1, -0.05) is 41.9 Å². The summed E-state index contributed by atoms with van der Waals surface area (Å²) in [5.74, 6) is -1.36. The SMILES string of the molecule is O=C(O)Cc1cccc(-c2ccc(F)c(Cl)c2)c1. The van der Waals surface area contributed by atoms with E-state index in [-0.39, 0.29) is 11.4 Å². The van der Waals surface area contributed by atoms with Gasteiger partial charge in [-0.2, -0.15) is 0 Å². The monoisotopic (exact) mass is 264 g/mol. The molecule has 0 fully saturated rings. The second kappa shape index (κ2) is 5.19. The minimum atomic E-state index is -0.885. The van der Waals surface area contributed by atoms with E-state index in [4.69, 9.17) is 16.7 Å². The van der Waals surface area contributed by atoms with Crippen LogP contribution < -0.4 is 0 Å². The molecule has 0 aliphatic heterocycles. The van der Waals surface area contributed by atoms with Crippen LogP contribution in [0.5, 0.6) is 0 Å². The van der Waals surface area contributed by atoms with Crippen LogP contribution in [0.15, 0.2) is 42.5 Å². The summed E-state index contributed by atoms with van der Waals surface area (Å²) in [6.07, 6.45) is -0.0389. The van der Waals surface area contributed by atoms with Crippen molar-refractivity contribution in [2.45, 2.75) is 6.42 Å². The Morgan fingerprint density at radius 1 is 1.17 bits per heavy atom. The van der Waals surface area contributed by atoms with Crippen molar-refractivity contribution < 1.29 is 14.3 Å². The molecule has 0 heterocycles. The molecule has 0 saturated carbocycles. The van der Waals surface area contributed by atoms with Crippen LogP contribution >= 0.6 is 11.6 Å². The molecule has 0 amide bonds. The molecule has 0 spiro atoms. The summed E-state index contributed by atoms with van der Waals surface area (Å²) in [6, 6.07) is 11.5. The smallest absolute Gasteiger partial charge is 0.307 e. The third-order valence-electron chi connectivity index (χ3n) is 2.54. The number of halogens is 2. The van der Waals surface area contributed by atoms with Crippen LogP contribution in [-0.4, -0.2) is 11.1 Å². The topological polar surface area (TPSA) is 37.3 Å². The normalized spacial score (nSPS) is 10.3. The summed E-state index contributed by atoms with van der Waals surface area (Å²) in [6.45, 7) is 0. The first-order valence-corrected chi connectivity index (χ1v) is 5.70. The summed E-state index contributed by atoms with van der Waals surface area (Å²) in [5, 5.41) is 8.79. The van der Waals surface area contributed by atoms with Gasteiger partial charge in [-0.3, -0.25) is 4.79 Å². The third kappa shape index (κ3) is 2.87. The van der Waals surface area contributed by atoms with Crippen molar-refractivity contribution >= 4 is 17.6 Å². The molecule has 0 atom stereocenters. The van der Waals surface area contributed by atoms with Crippen LogP contribution in [0.2, 0.25) is 5.02 Å². The standard InChI is InChI=1S/C14H10ClFO2/c15-12-8-11(4-5-13(12)16)10-3-1-2-9(6-10)7-14(17)18/h1-6,8H,7H2,(H,17,18). The lowest BCUT2D eigenvalue weighted by Crippen LogP contribution is -1.99. The maximum atomic E-state index is 13.1. The van der Waals surface area contributed by atoms with E-state index in [0.717, 1.165) is 11.1 Å². The second-order valence-electron chi connectivity index (χ2n) is 3.90. The summed E-state index contributed by atoms with van der Waals surface area (Å²) < 4.78 is 13.1. The van der Waals surface area contributed by atoms with Gasteiger partial charge in [-0.05, 0) is 28.8 Å². The molecule has 0 radical (unpaired) electrons. The molecule has 18 heavy (non-hydrogen) atoms. The van der Waals surface area contributed by atoms with E-state index in [1.165, 1.54) is 12.1 Å². The number of aliphatic carboxylic acids is 1. The first-order valence-electron chi connectivity index (χ1n) is 5.32. The zero-order chi connectivity index (χ0) is 13.1. The number of rotatable bonds is 3. The highest BCUT2D eigenvalue weighted by Crippen LogP contribution is 2.25. The van der Waals surface area contributed by atoms with Crippen LogP contribution in [0.3, 0.4) is 0 Å². The predicted molar refractivity (Wildman–Crippen MR) is 68.2 cm³/mol. The molecule has 2 rings (SSSR count). The van der Waals surface area contributed by atoms with E-state index in [2.05, 4.69) is 0 Å². The van der Waals surface area contributed by atoms with Gasteiger partial charge in [0, 0.05) is 0 Å². The molecule has 2 aromatic carbocycles. The lowest BCUT2D eigenvalue weighted by atomic mass is 10.0. The molecule has 0 bridgehead atoms. The molecule has 92 valence electrons. The van der Waals surface area contributed by atoms with E-state index in [0.29, 0.717) is 5.56 Å². The number of carbonyl (C=O) groups is 1. The van der Waals surface area contributed by atoms with Crippen molar-refractivity contribution in [3.63, 3.8) is 0 Å². The number of carboxylic acids is 1. The molecule has 2 nitrogen and oxygen atoms in total. The molecule has 0 saturated heterocycles. The van der Waals surface area contributed by atoms with Crippen molar-refractivity contribution in [2.75, 3.05) is 0 Å². The Morgan fingerprint density at radius 3 is 2.56 bits per heavy atom. The van der Waals surface area contributed by atoms with Crippen LogP contribution in [-0.2, 0) is 11.2 Å². The highest BCUT2D eigenvalue weighted by molar-refractivity contribution is 6.31. The number of benzene rings is 2. The van der Waals surface area contributed by atoms with Gasteiger partial charge in [0.05, 0.1) is 11.4 Å². The summed E-state index contributed by atoms with van der Waals surface area (Å²) >= 11 is 5.72. The van der Waals surface area contributed by atoms with Crippen LogP contribution in [0.25, 0.3) is 11.1 Å². The first-order chi connectivity index (χ1) is 8.56. The zero-order valence-corrected chi connectivity index (χ0v) is 10.1. The van der Waals surface area contributed by atoms with Gasteiger partial charge in [-0.15, -0.1) is 0 Å². The van der Waals surface area contributed by atoms with Gasteiger partial charge in [0.2, 0.25) is 0 Å². The molecular formula is C14H10ClFO2. The predicted octanol–water partition coefficient (Wildman–Crippen LogP) is 3.77. The maximum absolute atomic E-state index is 13.1. The Hall–Kier alpha value is -1.87. The Balaban J connectivity index is 2.38. The maximum Gasteiger partial charge on any atom is 0.307 e. The summed E-state index contributed by atoms with van der Waals surface area (Å²) in [7, 11) is 0. The Kier molecular flexibility index (Phi) is 3.63. The molecule has 1 N–H and O–H groups in total. The Morgan fingerprint density at radius 2 is 1.89 bits per heavy atom. The van der Waals surface area contributed by atoms with Crippen LogP contribution in [0, 0.1) is 5.82 Å². The van der Waals surface area contributed by atoms with E-state index in [9.17, 15) is 9.18 Å². The Labute approximate surface area is 109 Å². The zero-order valence-electron chi connectivity index (χ0n) is 9.36. The van der Waals surface area contributed by atoms with Gasteiger partial charge >= 0.3 is 5.97 Å². The molecule has 4 heteroatoms. The highest BCUT2D eigenvalue weighted by Gasteiger charge is 2.05. The summed E-state index contributed by atoms with van der Waals surface area (Å²) in [5.41, 5.74) is 2.27. The molecule has 0 aromatic heterocycles. The van der Waals surface area contributed by atoms with Gasteiger partial charge < -0.3 is 5.11 Å². The Bertz CT molecular complexity index is 596. The quantitative estimate of drug-likeness (QED) is 0.916. The number of carboxylic acid groups (broad SMARTS) is 1. The number of hydrogen-bond donors (Lipinski definition) is 1. The van der Waals surface area contributed by atoms with Crippen molar-refractivity contribution in [1.29, 1.82) is 0 Å². The molecule has 0 unspecified atom stereocenters. The van der Waals surface area contributed by atoms with Gasteiger partial charge in [-0.25, -0.2) is 4.39 Å². The summed E-state index contributed by atoms with van der Waals surface area (Å²) in [4.78, 5) is 10.6. The molecule has 0 aliphatic rings. The largest absolute Gasteiger partial charge is 0.481 e. The number of hydrogen-bond acceptors (Lipinski definition) is 1. The van der Waals surface area contributed by atoms with E-state index in [1.807, 2.05) is 6.07 Å². The average molecular weight is 265 g/mol. The minimum Gasteiger partial charge on any atom is -0.481 e. The molecule has 2 aromatic rings. The van der Waals surface area contributed by atoms with E-state index < -0.39 is 11.8 Å². The van der Waals surface area contributed by atoms with Crippen LogP contribution in [0.1, 0.15) is 5.56 Å². The van der Waals surface area contributed by atoms with Crippen LogP contribution in [0.4, 0.5) is 4.39 Å². The van der Waals surface area contributed by atoms with Gasteiger partial charge in [0.25, 0.3) is 0 Å². The van der Waals surface area contributed by atoms with Crippen molar-refractivity contribution in [2.24, 2.45) is 0 Å². The lowest BCUT2D eigenvalue weighted by Gasteiger charge is -2.05. The molecule has 0 aliphatic carbocycles. The van der Waals surface area contributed by atoms with Gasteiger partial charge in [0.15, 0.2) is 0 Å². The van der Waals surface area contributed by atoms with E-state index in [1.54, 1.807) is 24.3 Å². The third-order valence-corrected chi connectivity index (χ3v) is 2.82. The minimum absolute atomic E-state index is 0.0389.